The van der Waals surface area contributed by atoms with Crippen molar-refractivity contribution in [1.82, 2.24) is 4.90 Å². The second-order valence-electron chi connectivity index (χ2n) is 4.58. The summed E-state index contributed by atoms with van der Waals surface area (Å²) >= 11 is 0. The van der Waals surface area contributed by atoms with Crippen LogP contribution in [0.2, 0.25) is 0 Å². The highest BCUT2D eigenvalue weighted by molar-refractivity contribution is 5.95. The number of carbonyl (C=O) groups excluding carboxylic acids is 1. The van der Waals surface area contributed by atoms with Crippen molar-refractivity contribution in [3.63, 3.8) is 0 Å². The Morgan fingerprint density at radius 1 is 1.00 bits per heavy atom. The number of rotatable bonds is 1. The third-order valence-electron chi connectivity index (χ3n) is 3.34. The molecule has 3 nitrogen and oxygen atoms in total. The van der Waals surface area contributed by atoms with Crippen LogP contribution in [0.4, 0.5) is 22.0 Å². The van der Waals surface area contributed by atoms with Crippen LogP contribution in [-0.2, 0) is 0 Å². The zero-order valence-corrected chi connectivity index (χ0v) is 10.6. The first kappa shape index (κ1) is 15.2. The molecule has 1 fully saturated rings. The quantitative estimate of drug-likeness (QED) is 0.455. The molecule has 0 bridgehead atoms. The normalized spacial score (nSPS) is 18.5. The molecule has 1 atom stereocenters. The smallest absolute Gasteiger partial charge is 0.261 e. The molecular weight excluding hydrogens is 295 g/mol. The Morgan fingerprint density at radius 3 is 2.05 bits per heavy atom. The van der Waals surface area contributed by atoms with Gasteiger partial charge in [0.2, 0.25) is 5.82 Å². The molecule has 0 aliphatic carbocycles. The van der Waals surface area contributed by atoms with Crippen molar-refractivity contribution in [3.8, 4) is 6.07 Å². The molecule has 0 N–H and O–H groups in total. The molecule has 1 aromatic rings. The Bertz CT molecular complexity index is 611. The van der Waals surface area contributed by atoms with Crippen LogP contribution in [0, 0.1) is 40.4 Å². The fourth-order valence-corrected chi connectivity index (χ4v) is 2.25. The monoisotopic (exact) mass is 304 g/mol. The maximum atomic E-state index is 13.6. The number of hydrogen-bond acceptors (Lipinski definition) is 2. The number of piperidine rings is 1. The molecule has 1 aliphatic heterocycles. The molecule has 1 unspecified atom stereocenters. The summed E-state index contributed by atoms with van der Waals surface area (Å²) in [7, 11) is 0. The molecule has 1 saturated heterocycles. The highest BCUT2D eigenvalue weighted by Gasteiger charge is 2.35. The van der Waals surface area contributed by atoms with E-state index < -0.39 is 46.6 Å². The number of halogens is 5. The minimum absolute atomic E-state index is 0.0244. The summed E-state index contributed by atoms with van der Waals surface area (Å²) in [5, 5.41) is 8.91. The van der Waals surface area contributed by atoms with Gasteiger partial charge in [-0.15, -0.1) is 0 Å². The van der Waals surface area contributed by atoms with Gasteiger partial charge in [-0.05, 0) is 19.3 Å². The van der Waals surface area contributed by atoms with Gasteiger partial charge in [0.25, 0.3) is 5.91 Å². The van der Waals surface area contributed by atoms with Crippen LogP contribution in [0.3, 0.4) is 0 Å². The maximum Gasteiger partial charge on any atom is 0.261 e. The highest BCUT2D eigenvalue weighted by Crippen LogP contribution is 2.26. The zero-order valence-electron chi connectivity index (χ0n) is 10.6. The van der Waals surface area contributed by atoms with E-state index in [2.05, 4.69) is 0 Å². The van der Waals surface area contributed by atoms with E-state index in [4.69, 9.17) is 5.26 Å². The minimum atomic E-state index is -2.32. The van der Waals surface area contributed by atoms with Crippen LogP contribution in [0.1, 0.15) is 29.6 Å². The van der Waals surface area contributed by atoms with Gasteiger partial charge in [0.1, 0.15) is 11.6 Å². The highest BCUT2D eigenvalue weighted by atomic mass is 19.2. The summed E-state index contributed by atoms with van der Waals surface area (Å²) < 4.78 is 66.3. The molecule has 0 aromatic heterocycles. The van der Waals surface area contributed by atoms with E-state index in [1.165, 1.54) is 0 Å². The van der Waals surface area contributed by atoms with Crippen molar-refractivity contribution in [2.24, 2.45) is 0 Å². The third-order valence-corrected chi connectivity index (χ3v) is 3.34. The molecule has 21 heavy (non-hydrogen) atoms. The van der Waals surface area contributed by atoms with Crippen molar-refractivity contribution in [2.45, 2.75) is 25.3 Å². The van der Waals surface area contributed by atoms with Crippen molar-refractivity contribution < 1.29 is 26.7 Å². The lowest BCUT2D eigenvalue weighted by atomic mass is 10.0. The first-order valence-corrected chi connectivity index (χ1v) is 6.12. The van der Waals surface area contributed by atoms with Crippen LogP contribution >= 0.6 is 0 Å². The lowest BCUT2D eigenvalue weighted by molar-refractivity contribution is 0.0657. The zero-order chi connectivity index (χ0) is 15.7. The Morgan fingerprint density at radius 2 is 1.52 bits per heavy atom. The second-order valence-corrected chi connectivity index (χ2v) is 4.58. The molecule has 112 valence electrons. The molecule has 1 aliphatic rings. The summed E-state index contributed by atoms with van der Waals surface area (Å²) in [4.78, 5) is 12.9. The summed E-state index contributed by atoms with van der Waals surface area (Å²) in [5.41, 5.74) is -1.52. The molecule has 8 heteroatoms. The fourth-order valence-electron chi connectivity index (χ4n) is 2.25. The third kappa shape index (κ3) is 2.44. The minimum Gasteiger partial charge on any atom is -0.322 e. The van der Waals surface area contributed by atoms with Crippen LogP contribution in [0.25, 0.3) is 0 Å². The molecule has 2 rings (SSSR count). The average molecular weight is 304 g/mol. The van der Waals surface area contributed by atoms with Gasteiger partial charge in [0.15, 0.2) is 23.3 Å². The van der Waals surface area contributed by atoms with E-state index in [9.17, 15) is 26.7 Å². The Labute approximate surface area is 116 Å². The van der Waals surface area contributed by atoms with E-state index >= 15 is 0 Å². The van der Waals surface area contributed by atoms with E-state index in [-0.39, 0.29) is 13.0 Å². The standard InChI is InChI=1S/C13H9F5N2O/c14-8-7(9(15)11(17)12(18)10(8)16)13(21)20-4-2-1-3-6(20)5-19/h6H,1-4H2. The Hall–Kier alpha value is -2.17. The van der Waals surface area contributed by atoms with E-state index in [0.717, 1.165) is 4.90 Å². The summed E-state index contributed by atoms with van der Waals surface area (Å²) in [6.07, 6.45) is 1.41. The van der Waals surface area contributed by atoms with Gasteiger partial charge in [-0.2, -0.15) is 5.26 Å². The molecule has 1 heterocycles. The summed E-state index contributed by atoms with van der Waals surface area (Å²) in [5.74, 6) is -12.4. The second kappa shape index (κ2) is 5.68. The summed E-state index contributed by atoms with van der Waals surface area (Å²) in [6, 6.07) is 0.840. The van der Waals surface area contributed by atoms with Crippen molar-refractivity contribution in [1.29, 1.82) is 5.26 Å². The SMILES string of the molecule is N#CC1CCCCN1C(=O)c1c(F)c(F)c(F)c(F)c1F. The number of benzene rings is 1. The van der Waals surface area contributed by atoms with Gasteiger partial charge in [0.05, 0.1) is 6.07 Å². The van der Waals surface area contributed by atoms with Crippen molar-refractivity contribution in [2.75, 3.05) is 6.54 Å². The van der Waals surface area contributed by atoms with Crippen LogP contribution < -0.4 is 0 Å². The van der Waals surface area contributed by atoms with Crippen LogP contribution in [0.5, 0.6) is 0 Å². The summed E-state index contributed by atoms with van der Waals surface area (Å²) in [6.45, 7) is 0.0244. The van der Waals surface area contributed by atoms with Gasteiger partial charge in [-0.3, -0.25) is 4.79 Å². The number of carbonyl (C=O) groups is 1. The number of hydrogen-bond donors (Lipinski definition) is 0. The number of amides is 1. The molecule has 0 spiro atoms. The lowest BCUT2D eigenvalue weighted by Crippen LogP contribution is -2.43. The maximum absolute atomic E-state index is 13.6. The van der Waals surface area contributed by atoms with Gasteiger partial charge < -0.3 is 4.90 Å². The predicted molar refractivity (Wildman–Crippen MR) is 60.5 cm³/mol. The van der Waals surface area contributed by atoms with Crippen molar-refractivity contribution >= 4 is 5.91 Å². The Kier molecular flexibility index (Phi) is 4.11. The number of nitriles is 1. The largest absolute Gasteiger partial charge is 0.322 e. The molecular formula is C13H9F5N2O. The molecule has 1 aromatic carbocycles. The van der Waals surface area contributed by atoms with E-state index in [1.54, 1.807) is 6.07 Å². The first-order valence-electron chi connectivity index (χ1n) is 6.12. The lowest BCUT2D eigenvalue weighted by Gasteiger charge is -2.31. The average Bonchev–Trinajstić information content (AvgIpc) is 2.51. The van der Waals surface area contributed by atoms with Crippen LogP contribution in [-0.4, -0.2) is 23.4 Å². The van der Waals surface area contributed by atoms with Crippen molar-refractivity contribution in [3.05, 3.63) is 34.6 Å². The van der Waals surface area contributed by atoms with Gasteiger partial charge in [-0.25, -0.2) is 22.0 Å². The van der Waals surface area contributed by atoms with E-state index in [0.29, 0.717) is 12.8 Å². The van der Waals surface area contributed by atoms with Gasteiger partial charge in [0, 0.05) is 6.54 Å². The van der Waals surface area contributed by atoms with Gasteiger partial charge in [-0.1, -0.05) is 0 Å². The molecule has 1 amide bonds. The topological polar surface area (TPSA) is 44.1 Å². The van der Waals surface area contributed by atoms with E-state index in [1.807, 2.05) is 0 Å². The molecule has 0 saturated carbocycles. The van der Waals surface area contributed by atoms with Gasteiger partial charge >= 0.3 is 0 Å². The Balaban J connectivity index is 2.51. The first-order chi connectivity index (χ1) is 9.90. The van der Waals surface area contributed by atoms with Crippen LogP contribution in [0.15, 0.2) is 0 Å². The fraction of sp³-hybridized carbons (Fsp3) is 0.385. The number of nitrogens with zero attached hydrogens (tertiary/aromatic N) is 2. The molecule has 0 radical (unpaired) electrons. The predicted octanol–water partition coefficient (Wildman–Crippen LogP) is 2.90. The number of likely N-dealkylation sites (tertiary alicyclic amines) is 1.